The van der Waals surface area contributed by atoms with Gasteiger partial charge in [-0.2, -0.15) is 0 Å². The van der Waals surface area contributed by atoms with E-state index in [-0.39, 0.29) is 17.6 Å². The van der Waals surface area contributed by atoms with Crippen LogP contribution in [-0.4, -0.2) is 59.4 Å². The van der Waals surface area contributed by atoms with E-state index in [1.807, 2.05) is 24.1 Å². The van der Waals surface area contributed by atoms with Crippen LogP contribution in [0.15, 0.2) is 18.2 Å². The van der Waals surface area contributed by atoms with Crippen molar-refractivity contribution in [2.45, 2.75) is 51.5 Å². The van der Waals surface area contributed by atoms with E-state index in [0.717, 1.165) is 68.2 Å². The van der Waals surface area contributed by atoms with E-state index in [0.29, 0.717) is 18.5 Å². The number of likely N-dealkylation sites (tertiary alicyclic amines) is 1. The molecule has 31 heavy (non-hydrogen) atoms. The lowest BCUT2D eigenvalue weighted by atomic mass is 10.0. The molecule has 1 unspecified atom stereocenters. The van der Waals surface area contributed by atoms with Gasteiger partial charge in [-0.25, -0.2) is 14.4 Å². The SMILES string of the molecule is CNc1nc(C2CCN(C(=O)CCCc3ccc(F)c(C)c3)C2)nc2c1CCN(C)C2. The predicted molar refractivity (Wildman–Crippen MR) is 120 cm³/mol. The van der Waals surface area contributed by atoms with Crippen molar-refractivity contribution < 1.29 is 9.18 Å². The van der Waals surface area contributed by atoms with Gasteiger partial charge in [0.15, 0.2) is 0 Å². The minimum Gasteiger partial charge on any atom is -0.373 e. The Morgan fingerprint density at radius 3 is 2.90 bits per heavy atom. The zero-order valence-electron chi connectivity index (χ0n) is 18.7. The molecule has 1 aromatic carbocycles. The third kappa shape index (κ3) is 4.87. The number of nitrogens with one attached hydrogen (secondary N) is 1. The van der Waals surface area contributed by atoms with Gasteiger partial charge < -0.3 is 15.1 Å². The number of carbonyl (C=O) groups is 1. The van der Waals surface area contributed by atoms with Gasteiger partial charge in [0.2, 0.25) is 5.91 Å². The van der Waals surface area contributed by atoms with Gasteiger partial charge in [0.1, 0.15) is 17.5 Å². The number of likely N-dealkylation sites (N-methyl/N-ethyl adjacent to an activating group) is 1. The predicted octanol–water partition coefficient (Wildman–Crippen LogP) is 3.29. The fraction of sp³-hybridized carbons (Fsp3) is 0.542. The second-order valence-electron chi connectivity index (χ2n) is 8.86. The number of amides is 1. The largest absolute Gasteiger partial charge is 0.373 e. The Kier molecular flexibility index (Phi) is 6.51. The highest BCUT2D eigenvalue weighted by Crippen LogP contribution is 2.30. The van der Waals surface area contributed by atoms with Gasteiger partial charge in [-0.3, -0.25) is 4.79 Å². The van der Waals surface area contributed by atoms with Crippen LogP contribution in [0.4, 0.5) is 10.2 Å². The smallest absolute Gasteiger partial charge is 0.222 e. The van der Waals surface area contributed by atoms with E-state index in [2.05, 4.69) is 17.3 Å². The Balaban J connectivity index is 1.35. The van der Waals surface area contributed by atoms with Crippen molar-refractivity contribution in [1.82, 2.24) is 19.8 Å². The van der Waals surface area contributed by atoms with Crippen LogP contribution in [-0.2, 0) is 24.2 Å². The molecule has 4 rings (SSSR count). The number of nitrogens with zero attached hydrogens (tertiary/aromatic N) is 4. The summed E-state index contributed by atoms with van der Waals surface area (Å²) in [5.41, 5.74) is 4.08. The van der Waals surface area contributed by atoms with E-state index < -0.39 is 0 Å². The van der Waals surface area contributed by atoms with Gasteiger partial charge in [-0.1, -0.05) is 12.1 Å². The summed E-state index contributed by atoms with van der Waals surface area (Å²) < 4.78 is 13.4. The molecule has 1 N–H and O–H groups in total. The molecule has 0 spiro atoms. The fourth-order valence-electron chi connectivity index (χ4n) is 4.63. The third-order valence-corrected chi connectivity index (χ3v) is 6.49. The molecule has 1 saturated heterocycles. The molecule has 0 bridgehead atoms. The van der Waals surface area contributed by atoms with Crippen molar-refractivity contribution in [3.8, 4) is 0 Å². The number of carbonyl (C=O) groups excluding carboxylic acids is 1. The van der Waals surface area contributed by atoms with E-state index >= 15 is 0 Å². The number of hydrogen-bond donors (Lipinski definition) is 1. The molecule has 6 nitrogen and oxygen atoms in total. The molecule has 0 radical (unpaired) electrons. The van der Waals surface area contributed by atoms with Crippen molar-refractivity contribution in [1.29, 1.82) is 0 Å². The molecule has 2 aliphatic rings. The molecule has 166 valence electrons. The summed E-state index contributed by atoms with van der Waals surface area (Å²) in [4.78, 5) is 26.7. The second-order valence-corrected chi connectivity index (χ2v) is 8.86. The van der Waals surface area contributed by atoms with Crippen LogP contribution >= 0.6 is 0 Å². The monoisotopic (exact) mass is 425 g/mol. The first-order chi connectivity index (χ1) is 14.9. The molecule has 1 atom stereocenters. The molecule has 0 aliphatic carbocycles. The maximum Gasteiger partial charge on any atom is 0.222 e. The van der Waals surface area contributed by atoms with Crippen LogP contribution in [0.3, 0.4) is 0 Å². The first-order valence-corrected chi connectivity index (χ1v) is 11.2. The van der Waals surface area contributed by atoms with E-state index in [1.165, 1.54) is 11.6 Å². The van der Waals surface area contributed by atoms with Crippen LogP contribution in [0, 0.1) is 12.7 Å². The van der Waals surface area contributed by atoms with Gasteiger partial charge in [-0.05, 0) is 56.8 Å². The lowest BCUT2D eigenvalue weighted by Gasteiger charge is -2.26. The lowest BCUT2D eigenvalue weighted by molar-refractivity contribution is -0.130. The maximum atomic E-state index is 13.4. The zero-order valence-corrected chi connectivity index (χ0v) is 18.7. The Labute approximate surface area is 183 Å². The minimum absolute atomic E-state index is 0.180. The van der Waals surface area contributed by atoms with Crippen LogP contribution < -0.4 is 5.32 Å². The number of benzene rings is 1. The zero-order chi connectivity index (χ0) is 22.0. The summed E-state index contributed by atoms with van der Waals surface area (Å²) in [5, 5.41) is 3.24. The quantitative estimate of drug-likeness (QED) is 0.770. The Bertz CT molecular complexity index is 963. The lowest BCUT2D eigenvalue weighted by Crippen LogP contribution is -2.30. The molecule has 2 aromatic rings. The number of fused-ring (bicyclic) bond motifs is 1. The van der Waals surface area contributed by atoms with E-state index in [4.69, 9.17) is 9.97 Å². The summed E-state index contributed by atoms with van der Waals surface area (Å²) >= 11 is 0. The highest BCUT2D eigenvalue weighted by Gasteiger charge is 2.30. The summed E-state index contributed by atoms with van der Waals surface area (Å²) in [6, 6.07) is 5.19. The first kappa shape index (κ1) is 21.7. The highest BCUT2D eigenvalue weighted by atomic mass is 19.1. The number of rotatable bonds is 6. The summed E-state index contributed by atoms with van der Waals surface area (Å²) in [6.45, 7) is 5.08. The van der Waals surface area contributed by atoms with Crippen molar-refractivity contribution >= 4 is 11.7 Å². The maximum absolute atomic E-state index is 13.4. The fourth-order valence-corrected chi connectivity index (χ4v) is 4.63. The van der Waals surface area contributed by atoms with Gasteiger partial charge in [-0.15, -0.1) is 0 Å². The number of aromatic nitrogens is 2. The molecule has 1 fully saturated rings. The van der Waals surface area contributed by atoms with Gasteiger partial charge in [0.05, 0.1) is 5.69 Å². The highest BCUT2D eigenvalue weighted by molar-refractivity contribution is 5.76. The van der Waals surface area contributed by atoms with Gasteiger partial charge in [0, 0.05) is 51.1 Å². The average Bonchev–Trinajstić information content (AvgIpc) is 3.25. The van der Waals surface area contributed by atoms with Crippen molar-refractivity contribution in [3.63, 3.8) is 0 Å². The molecule has 3 heterocycles. The van der Waals surface area contributed by atoms with Crippen LogP contribution in [0.2, 0.25) is 0 Å². The number of aryl methyl sites for hydroxylation is 2. The number of anilines is 1. The van der Waals surface area contributed by atoms with Crippen LogP contribution in [0.5, 0.6) is 0 Å². The molecule has 2 aliphatic heterocycles. The summed E-state index contributed by atoms with van der Waals surface area (Å²) in [5.74, 6) is 1.99. The molecular formula is C24H32FN5O. The topological polar surface area (TPSA) is 61.4 Å². The molecule has 1 amide bonds. The number of hydrogen-bond acceptors (Lipinski definition) is 5. The standard InChI is InChI=1S/C24H32FN5O/c1-16-13-17(7-8-20(16)25)5-4-6-22(31)30-12-9-18(14-30)23-27-21-15-29(3)11-10-19(21)24(26-2)28-23/h7-8,13,18H,4-6,9-12,14-15H2,1-3H3,(H,26,27,28). The minimum atomic E-state index is -0.180. The normalized spacial score (nSPS) is 18.8. The Morgan fingerprint density at radius 2 is 2.13 bits per heavy atom. The molecule has 0 saturated carbocycles. The molecule has 7 heteroatoms. The Hall–Kier alpha value is -2.54. The first-order valence-electron chi connectivity index (χ1n) is 11.2. The van der Waals surface area contributed by atoms with Crippen LogP contribution in [0.1, 0.15) is 53.4 Å². The van der Waals surface area contributed by atoms with E-state index in [1.54, 1.807) is 6.92 Å². The molecular weight excluding hydrogens is 393 g/mol. The number of halogens is 1. The van der Waals surface area contributed by atoms with Crippen molar-refractivity contribution in [2.24, 2.45) is 0 Å². The van der Waals surface area contributed by atoms with Gasteiger partial charge in [0.25, 0.3) is 0 Å². The third-order valence-electron chi connectivity index (χ3n) is 6.49. The van der Waals surface area contributed by atoms with Crippen molar-refractivity contribution in [3.05, 3.63) is 52.2 Å². The van der Waals surface area contributed by atoms with E-state index in [9.17, 15) is 9.18 Å². The van der Waals surface area contributed by atoms with Gasteiger partial charge >= 0.3 is 0 Å². The average molecular weight is 426 g/mol. The van der Waals surface area contributed by atoms with Crippen LogP contribution in [0.25, 0.3) is 0 Å². The second kappa shape index (κ2) is 9.30. The summed E-state index contributed by atoms with van der Waals surface area (Å²) in [6.07, 6.45) is 3.94. The van der Waals surface area contributed by atoms with Crippen molar-refractivity contribution in [2.75, 3.05) is 39.0 Å². The molecule has 1 aromatic heterocycles. The summed E-state index contributed by atoms with van der Waals surface area (Å²) in [7, 11) is 4.03. The Morgan fingerprint density at radius 1 is 1.29 bits per heavy atom.